The molecule has 2 atom stereocenters. The average molecular weight is 501 g/mol. The number of hydrogen-bond acceptors (Lipinski definition) is 3. The van der Waals surface area contributed by atoms with Crippen molar-refractivity contribution in [1.82, 2.24) is 15.5 Å². The minimum atomic E-state index is 0. The van der Waals surface area contributed by atoms with Gasteiger partial charge in [-0.3, -0.25) is 4.99 Å². The minimum Gasteiger partial charge on any atom is -0.374 e. The van der Waals surface area contributed by atoms with E-state index in [-0.39, 0.29) is 36.1 Å². The highest BCUT2D eigenvalue weighted by Crippen LogP contribution is 2.25. The Morgan fingerprint density at radius 3 is 2.84 bits per heavy atom. The lowest BCUT2D eigenvalue weighted by molar-refractivity contribution is -0.0136. The Bertz CT molecular complexity index is 574. The van der Waals surface area contributed by atoms with Gasteiger partial charge in [-0.25, -0.2) is 0 Å². The maximum absolute atomic E-state index is 6.29. The van der Waals surface area contributed by atoms with Gasteiger partial charge in [-0.15, -0.1) is 24.0 Å². The van der Waals surface area contributed by atoms with Crippen LogP contribution in [0.4, 0.5) is 0 Å². The molecule has 0 radical (unpaired) electrons. The number of rotatable bonds is 5. The molecule has 0 aromatic heterocycles. The van der Waals surface area contributed by atoms with E-state index in [0.717, 1.165) is 37.8 Å². The zero-order valence-electron chi connectivity index (χ0n) is 14.9. The van der Waals surface area contributed by atoms with Gasteiger partial charge in [-0.1, -0.05) is 29.3 Å². The van der Waals surface area contributed by atoms with Crippen LogP contribution in [0.15, 0.2) is 23.2 Å². The van der Waals surface area contributed by atoms with Crippen molar-refractivity contribution in [2.75, 3.05) is 39.8 Å². The summed E-state index contributed by atoms with van der Waals surface area (Å²) in [5.41, 5.74) is 0.986. The van der Waals surface area contributed by atoms with Crippen LogP contribution in [0.5, 0.6) is 0 Å². The fourth-order valence-corrected chi connectivity index (χ4v) is 3.20. The molecule has 0 spiro atoms. The molecule has 1 aliphatic heterocycles. The molecule has 2 rings (SSSR count). The molecule has 1 heterocycles. The number of nitrogens with one attached hydrogen (secondary N) is 2. The van der Waals surface area contributed by atoms with Crippen molar-refractivity contribution in [2.45, 2.75) is 26.0 Å². The molecule has 0 aliphatic carbocycles. The van der Waals surface area contributed by atoms with Crippen molar-refractivity contribution in [3.8, 4) is 0 Å². The summed E-state index contributed by atoms with van der Waals surface area (Å²) >= 11 is 12.3. The Labute approximate surface area is 177 Å². The van der Waals surface area contributed by atoms with Crippen molar-refractivity contribution in [3.63, 3.8) is 0 Å². The van der Waals surface area contributed by atoms with E-state index in [1.165, 1.54) is 0 Å². The summed E-state index contributed by atoms with van der Waals surface area (Å²) in [5, 5.41) is 7.94. The molecule has 2 N–H and O–H groups in total. The van der Waals surface area contributed by atoms with Gasteiger partial charge in [0.1, 0.15) is 0 Å². The number of hydrogen-bond donors (Lipinski definition) is 2. The van der Waals surface area contributed by atoms with E-state index in [1.807, 2.05) is 26.0 Å². The van der Waals surface area contributed by atoms with Crippen molar-refractivity contribution in [2.24, 2.45) is 4.99 Å². The summed E-state index contributed by atoms with van der Waals surface area (Å²) in [6, 6.07) is 5.55. The van der Waals surface area contributed by atoms with Gasteiger partial charge in [-0.05, 0) is 38.6 Å². The third-order valence-corrected chi connectivity index (χ3v) is 4.48. The molecule has 1 aromatic carbocycles. The van der Waals surface area contributed by atoms with Gasteiger partial charge < -0.3 is 20.3 Å². The minimum absolute atomic E-state index is 0. The van der Waals surface area contributed by atoms with Gasteiger partial charge in [0, 0.05) is 29.7 Å². The van der Waals surface area contributed by atoms with Crippen LogP contribution in [-0.2, 0) is 4.74 Å². The molecule has 0 bridgehead atoms. The quantitative estimate of drug-likeness (QED) is 0.368. The number of morpholine rings is 1. The summed E-state index contributed by atoms with van der Waals surface area (Å²) < 4.78 is 5.76. The fourth-order valence-electron chi connectivity index (χ4n) is 2.63. The zero-order chi connectivity index (χ0) is 17.5. The van der Waals surface area contributed by atoms with Crippen LogP contribution in [0.1, 0.15) is 25.5 Å². The Hall–Kier alpha value is -0.280. The highest BCUT2D eigenvalue weighted by Gasteiger charge is 2.18. The first kappa shape index (κ1) is 22.8. The molecule has 5 nitrogen and oxygen atoms in total. The lowest BCUT2D eigenvalue weighted by atomic mass is 10.1. The number of aliphatic imine (C=N–C) groups is 1. The van der Waals surface area contributed by atoms with Gasteiger partial charge in [0.15, 0.2) is 5.96 Å². The van der Waals surface area contributed by atoms with Gasteiger partial charge in [0.05, 0.1) is 25.3 Å². The molecule has 25 heavy (non-hydrogen) atoms. The maximum atomic E-state index is 6.29. The molecule has 1 fully saturated rings. The summed E-state index contributed by atoms with van der Waals surface area (Å²) in [6.45, 7) is 8.15. The smallest absolute Gasteiger partial charge is 0.191 e. The second kappa shape index (κ2) is 11.4. The number of likely N-dealkylation sites (N-methyl/N-ethyl adjacent to an activating group) is 1. The largest absolute Gasteiger partial charge is 0.374 e. The molecule has 1 saturated heterocycles. The highest BCUT2D eigenvalue weighted by molar-refractivity contribution is 14.0. The lowest BCUT2D eigenvalue weighted by Crippen LogP contribution is -2.43. The predicted octanol–water partition coefficient (Wildman–Crippen LogP) is 3.56. The molecular formula is C17H27Cl2IN4O. The van der Waals surface area contributed by atoms with Crippen molar-refractivity contribution >= 4 is 53.1 Å². The normalized spacial score (nSPS) is 19.9. The number of nitrogens with zero attached hydrogens (tertiary/aromatic N) is 2. The number of benzene rings is 1. The summed E-state index contributed by atoms with van der Waals surface area (Å²) in [7, 11) is 2.10. The number of guanidine groups is 1. The molecular weight excluding hydrogens is 474 g/mol. The molecule has 1 aromatic rings. The maximum Gasteiger partial charge on any atom is 0.191 e. The number of halogens is 3. The Balaban J connectivity index is 0.00000312. The van der Waals surface area contributed by atoms with Crippen LogP contribution in [-0.4, -0.2) is 56.8 Å². The second-order valence-corrected chi connectivity index (χ2v) is 6.85. The number of ether oxygens (including phenoxy) is 1. The molecule has 2 unspecified atom stereocenters. The topological polar surface area (TPSA) is 48.9 Å². The van der Waals surface area contributed by atoms with Crippen LogP contribution in [0.25, 0.3) is 0 Å². The van der Waals surface area contributed by atoms with E-state index < -0.39 is 0 Å². The van der Waals surface area contributed by atoms with Gasteiger partial charge in [-0.2, -0.15) is 0 Å². The molecule has 0 saturated carbocycles. The van der Waals surface area contributed by atoms with Crippen molar-refractivity contribution in [3.05, 3.63) is 33.8 Å². The second-order valence-electron chi connectivity index (χ2n) is 6.01. The van der Waals surface area contributed by atoms with Crippen LogP contribution in [0.2, 0.25) is 10.0 Å². The molecule has 142 valence electrons. The lowest BCUT2D eigenvalue weighted by Gasteiger charge is -2.29. The van der Waals surface area contributed by atoms with Crippen molar-refractivity contribution < 1.29 is 4.74 Å². The first-order valence-corrected chi connectivity index (χ1v) is 9.05. The van der Waals surface area contributed by atoms with E-state index in [4.69, 9.17) is 27.9 Å². The average Bonchev–Trinajstić information content (AvgIpc) is 2.52. The molecule has 1 aliphatic rings. The van der Waals surface area contributed by atoms with Gasteiger partial charge in [0.25, 0.3) is 0 Å². The third-order valence-electron chi connectivity index (χ3n) is 3.92. The standard InChI is InChI=1S/C17H26Cl2N4O.HI/c1-4-20-17(21-10-14-11-23(3)7-8-24-14)22-12(2)15-6-5-13(18)9-16(15)19;/h5-6,9,12,14H,4,7-8,10-11H2,1-3H3,(H2,20,21,22);1H. The Morgan fingerprint density at radius 2 is 2.20 bits per heavy atom. The SMILES string of the molecule is CCNC(=NCC1CN(C)CCO1)NC(C)c1ccc(Cl)cc1Cl.I. The first-order chi connectivity index (χ1) is 11.5. The van der Waals surface area contributed by atoms with E-state index in [1.54, 1.807) is 6.07 Å². The highest BCUT2D eigenvalue weighted by atomic mass is 127. The van der Waals surface area contributed by atoms with E-state index in [2.05, 4.69) is 27.6 Å². The van der Waals surface area contributed by atoms with E-state index >= 15 is 0 Å². The van der Waals surface area contributed by atoms with Gasteiger partial charge >= 0.3 is 0 Å². The summed E-state index contributed by atoms with van der Waals surface area (Å²) in [5.74, 6) is 0.757. The third kappa shape index (κ3) is 7.46. The molecule has 0 amide bonds. The van der Waals surface area contributed by atoms with Crippen LogP contribution in [0, 0.1) is 0 Å². The summed E-state index contributed by atoms with van der Waals surface area (Å²) in [4.78, 5) is 6.92. The zero-order valence-corrected chi connectivity index (χ0v) is 18.7. The van der Waals surface area contributed by atoms with Crippen LogP contribution < -0.4 is 10.6 Å². The summed E-state index contributed by atoms with van der Waals surface area (Å²) in [6.07, 6.45) is 0.133. The monoisotopic (exact) mass is 500 g/mol. The Morgan fingerprint density at radius 1 is 1.44 bits per heavy atom. The van der Waals surface area contributed by atoms with Gasteiger partial charge in [0.2, 0.25) is 0 Å². The van der Waals surface area contributed by atoms with E-state index in [0.29, 0.717) is 16.6 Å². The van der Waals surface area contributed by atoms with Crippen molar-refractivity contribution in [1.29, 1.82) is 0 Å². The predicted molar refractivity (Wildman–Crippen MR) is 117 cm³/mol. The fraction of sp³-hybridized carbons (Fsp3) is 0.588. The van der Waals surface area contributed by atoms with Crippen LogP contribution in [0.3, 0.4) is 0 Å². The van der Waals surface area contributed by atoms with Crippen LogP contribution >= 0.6 is 47.2 Å². The molecule has 8 heteroatoms. The Kier molecular flexibility index (Phi) is 10.4. The van der Waals surface area contributed by atoms with E-state index in [9.17, 15) is 0 Å². The first-order valence-electron chi connectivity index (χ1n) is 8.29.